The molecule has 0 aliphatic heterocycles. The Labute approximate surface area is 181 Å². The molecule has 3 rings (SSSR count). The Hall–Kier alpha value is -4.12. The van der Waals surface area contributed by atoms with E-state index < -0.39 is 16.5 Å². The van der Waals surface area contributed by atoms with Crippen molar-refractivity contribution in [2.45, 2.75) is 0 Å². The monoisotopic (exact) mass is 444 g/mol. The summed E-state index contributed by atoms with van der Waals surface area (Å²) in [5, 5.41) is 14.9. The largest absolute Gasteiger partial charge is 0.497 e. The van der Waals surface area contributed by atoms with Crippen LogP contribution < -0.4 is 25.6 Å². The number of hydrogen-bond acceptors (Lipinski definition) is 9. The van der Waals surface area contributed by atoms with E-state index >= 15 is 0 Å². The molecule has 3 aromatic rings. The maximum Gasteiger partial charge on any atom is 0.355 e. The number of carbonyl (C=O) groups is 1. The number of nitrogens with zero attached hydrogens (tertiary/aromatic N) is 3. The van der Waals surface area contributed by atoms with Gasteiger partial charge in [-0.25, -0.2) is 9.97 Å². The van der Waals surface area contributed by atoms with E-state index in [9.17, 15) is 14.9 Å². The molecule has 2 aromatic carbocycles. The number of nitrogens with one attached hydrogen (secondary N) is 3. The van der Waals surface area contributed by atoms with Crippen LogP contribution in [-0.4, -0.2) is 35.0 Å². The zero-order valence-electron chi connectivity index (χ0n) is 16.4. The number of nitro groups is 1. The van der Waals surface area contributed by atoms with Gasteiger partial charge >= 0.3 is 5.69 Å². The lowest BCUT2D eigenvalue weighted by atomic mass is 10.2. The molecule has 0 saturated carbocycles. The van der Waals surface area contributed by atoms with Crippen molar-refractivity contribution in [2.75, 3.05) is 25.0 Å². The summed E-state index contributed by atoms with van der Waals surface area (Å²) in [6, 6.07) is 11.1. The van der Waals surface area contributed by atoms with E-state index in [-0.39, 0.29) is 17.2 Å². The first kappa shape index (κ1) is 21.6. The van der Waals surface area contributed by atoms with Gasteiger partial charge in [0.15, 0.2) is 0 Å². The summed E-state index contributed by atoms with van der Waals surface area (Å²) in [5.41, 5.74) is 5.01. The first-order valence-electron chi connectivity index (χ1n) is 8.73. The number of anilines is 3. The van der Waals surface area contributed by atoms with E-state index in [1.165, 1.54) is 20.3 Å². The number of hydrazine groups is 1. The van der Waals surface area contributed by atoms with Gasteiger partial charge in [-0.15, -0.1) is 0 Å². The lowest BCUT2D eigenvalue weighted by molar-refractivity contribution is -0.383. The van der Waals surface area contributed by atoms with Crippen LogP contribution in [0.1, 0.15) is 10.4 Å². The molecular weight excluding hydrogens is 428 g/mol. The maximum absolute atomic E-state index is 12.3. The zero-order valence-corrected chi connectivity index (χ0v) is 17.1. The first-order valence-corrected chi connectivity index (χ1v) is 9.11. The Morgan fingerprint density at radius 2 is 1.87 bits per heavy atom. The fourth-order valence-corrected chi connectivity index (χ4v) is 2.77. The van der Waals surface area contributed by atoms with Gasteiger partial charge in [0.1, 0.15) is 17.8 Å². The number of methoxy groups -OCH3 is 2. The quantitative estimate of drug-likeness (QED) is 0.351. The third-order valence-electron chi connectivity index (χ3n) is 4.05. The van der Waals surface area contributed by atoms with Gasteiger partial charge in [-0.3, -0.25) is 25.8 Å². The van der Waals surface area contributed by atoms with Crippen LogP contribution in [0.15, 0.2) is 48.8 Å². The van der Waals surface area contributed by atoms with Crippen molar-refractivity contribution in [1.82, 2.24) is 15.4 Å². The Balaban J connectivity index is 1.86. The first-order chi connectivity index (χ1) is 14.9. The van der Waals surface area contributed by atoms with Crippen LogP contribution in [0.2, 0.25) is 5.02 Å². The molecule has 0 radical (unpaired) electrons. The maximum atomic E-state index is 12.3. The van der Waals surface area contributed by atoms with Gasteiger partial charge in [0, 0.05) is 16.7 Å². The van der Waals surface area contributed by atoms with E-state index in [0.29, 0.717) is 22.2 Å². The predicted molar refractivity (Wildman–Crippen MR) is 114 cm³/mol. The van der Waals surface area contributed by atoms with Gasteiger partial charge in [0.2, 0.25) is 11.6 Å². The molecule has 1 amide bonds. The van der Waals surface area contributed by atoms with Crippen LogP contribution in [0.3, 0.4) is 0 Å². The van der Waals surface area contributed by atoms with Crippen molar-refractivity contribution in [3.05, 3.63) is 69.5 Å². The average molecular weight is 445 g/mol. The highest BCUT2D eigenvalue weighted by Crippen LogP contribution is 2.35. The van der Waals surface area contributed by atoms with Gasteiger partial charge in [0.25, 0.3) is 5.91 Å². The van der Waals surface area contributed by atoms with Crippen LogP contribution in [0.4, 0.5) is 23.0 Å². The fraction of sp³-hybridized carbons (Fsp3) is 0.105. The standard InChI is InChI=1S/C19H17ClN6O5/c1-30-13-6-7-14(15(9-13)31-2)23-17-16(26(28)29)18(22-10-21-17)24-25-19(27)11-4-3-5-12(20)8-11/h3-10H,1-2H3,(H,25,27)(H2,21,22,23,24). The molecule has 0 aliphatic rings. The molecule has 0 bridgehead atoms. The van der Waals surface area contributed by atoms with Crippen molar-refractivity contribution in [3.63, 3.8) is 0 Å². The molecule has 0 spiro atoms. The second kappa shape index (κ2) is 9.59. The third-order valence-corrected chi connectivity index (χ3v) is 4.28. The minimum absolute atomic E-state index is 0.108. The predicted octanol–water partition coefficient (Wildman–Crippen LogP) is 3.56. The smallest absolute Gasteiger partial charge is 0.355 e. The molecule has 3 N–H and O–H groups in total. The summed E-state index contributed by atoms with van der Waals surface area (Å²) < 4.78 is 10.4. The molecule has 160 valence electrons. The molecule has 0 aliphatic carbocycles. The van der Waals surface area contributed by atoms with Gasteiger partial charge in [-0.1, -0.05) is 17.7 Å². The number of hydrogen-bond donors (Lipinski definition) is 3. The van der Waals surface area contributed by atoms with Crippen LogP contribution in [0, 0.1) is 10.1 Å². The normalized spacial score (nSPS) is 10.2. The van der Waals surface area contributed by atoms with Crippen molar-refractivity contribution in [3.8, 4) is 11.5 Å². The van der Waals surface area contributed by atoms with Gasteiger partial charge in [-0.05, 0) is 30.3 Å². The second-order valence-electron chi connectivity index (χ2n) is 5.96. The molecule has 31 heavy (non-hydrogen) atoms. The van der Waals surface area contributed by atoms with Crippen molar-refractivity contribution in [2.24, 2.45) is 0 Å². The van der Waals surface area contributed by atoms with Gasteiger partial charge < -0.3 is 14.8 Å². The molecule has 0 atom stereocenters. The number of ether oxygens (including phenoxy) is 2. The van der Waals surface area contributed by atoms with E-state index in [0.717, 1.165) is 6.33 Å². The molecule has 1 heterocycles. The molecule has 12 heteroatoms. The van der Waals surface area contributed by atoms with E-state index in [4.69, 9.17) is 21.1 Å². The van der Waals surface area contributed by atoms with Crippen LogP contribution in [-0.2, 0) is 0 Å². The molecular formula is C19H17ClN6O5. The lowest BCUT2D eigenvalue weighted by Crippen LogP contribution is -2.30. The highest BCUT2D eigenvalue weighted by molar-refractivity contribution is 6.30. The Morgan fingerprint density at radius 3 is 2.55 bits per heavy atom. The van der Waals surface area contributed by atoms with Crippen LogP contribution in [0.5, 0.6) is 11.5 Å². The number of aromatic nitrogens is 2. The highest BCUT2D eigenvalue weighted by Gasteiger charge is 2.24. The summed E-state index contributed by atoms with van der Waals surface area (Å²) in [5.74, 6) is 0.0526. The third kappa shape index (κ3) is 5.08. The second-order valence-corrected chi connectivity index (χ2v) is 6.39. The Kier molecular flexibility index (Phi) is 6.67. The summed E-state index contributed by atoms with van der Waals surface area (Å²) >= 11 is 5.88. The zero-order chi connectivity index (χ0) is 22.4. The molecule has 1 aromatic heterocycles. The SMILES string of the molecule is COc1ccc(Nc2ncnc(NNC(=O)c3cccc(Cl)c3)c2[N+](=O)[O-])c(OC)c1. The molecule has 0 unspecified atom stereocenters. The Bertz CT molecular complexity index is 1130. The number of carbonyl (C=O) groups excluding carboxylic acids is 1. The number of benzene rings is 2. The summed E-state index contributed by atoms with van der Waals surface area (Å²) in [7, 11) is 2.96. The molecule has 0 fully saturated rings. The van der Waals surface area contributed by atoms with Crippen molar-refractivity contribution in [1.29, 1.82) is 0 Å². The summed E-state index contributed by atoms with van der Waals surface area (Å²) in [4.78, 5) is 31.1. The van der Waals surface area contributed by atoms with Crippen molar-refractivity contribution >= 4 is 40.5 Å². The van der Waals surface area contributed by atoms with E-state index in [2.05, 4.69) is 26.1 Å². The van der Waals surface area contributed by atoms with E-state index in [1.54, 1.807) is 36.4 Å². The highest BCUT2D eigenvalue weighted by atomic mass is 35.5. The van der Waals surface area contributed by atoms with E-state index in [1.807, 2.05) is 0 Å². The Morgan fingerprint density at radius 1 is 1.10 bits per heavy atom. The fourth-order valence-electron chi connectivity index (χ4n) is 2.58. The minimum atomic E-state index is -0.674. The van der Waals surface area contributed by atoms with Crippen molar-refractivity contribution < 1.29 is 19.2 Å². The lowest BCUT2D eigenvalue weighted by Gasteiger charge is -2.13. The topological polar surface area (TPSA) is 141 Å². The number of amides is 1. The van der Waals surface area contributed by atoms with Crippen LogP contribution >= 0.6 is 11.6 Å². The molecule has 11 nitrogen and oxygen atoms in total. The minimum Gasteiger partial charge on any atom is -0.497 e. The molecule has 0 saturated heterocycles. The van der Waals surface area contributed by atoms with Gasteiger partial charge in [0.05, 0.1) is 24.8 Å². The van der Waals surface area contributed by atoms with Gasteiger partial charge in [-0.2, -0.15) is 0 Å². The summed E-state index contributed by atoms with van der Waals surface area (Å²) in [6.45, 7) is 0. The summed E-state index contributed by atoms with van der Waals surface area (Å²) in [6.07, 6.45) is 1.11. The number of rotatable bonds is 8. The van der Waals surface area contributed by atoms with Crippen LogP contribution in [0.25, 0.3) is 0 Å². The number of halogens is 1. The average Bonchev–Trinajstić information content (AvgIpc) is 2.77.